The van der Waals surface area contributed by atoms with Crippen molar-refractivity contribution in [1.82, 2.24) is 15.2 Å². The zero-order valence-corrected chi connectivity index (χ0v) is 15.8. The summed E-state index contributed by atoms with van der Waals surface area (Å²) in [4.78, 5) is 22.1. The smallest absolute Gasteiger partial charge is 0.264 e. The molecule has 0 bridgehead atoms. The molecular formula is C20H25N3O2S. The van der Waals surface area contributed by atoms with Crippen LogP contribution >= 0.6 is 11.3 Å². The Bertz CT molecular complexity index is 715. The molecule has 6 heteroatoms. The summed E-state index contributed by atoms with van der Waals surface area (Å²) in [6.07, 6.45) is 5.85. The van der Waals surface area contributed by atoms with E-state index in [2.05, 4.69) is 10.3 Å². The lowest BCUT2D eigenvalue weighted by Gasteiger charge is -2.30. The molecule has 26 heavy (non-hydrogen) atoms. The van der Waals surface area contributed by atoms with Crippen molar-refractivity contribution in [2.24, 2.45) is 0 Å². The van der Waals surface area contributed by atoms with E-state index in [4.69, 9.17) is 4.74 Å². The van der Waals surface area contributed by atoms with E-state index in [1.807, 2.05) is 29.2 Å². The Kier molecular flexibility index (Phi) is 5.62. The molecule has 4 heterocycles. The largest absolute Gasteiger partial charge is 0.376 e. The van der Waals surface area contributed by atoms with E-state index >= 15 is 0 Å². The zero-order chi connectivity index (χ0) is 17.8. The number of carbonyl (C=O) groups excluding carboxylic acids is 1. The summed E-state index contributed by atoms with van der Waals surface area (Å²) in [5.74, 6) is 0.141. The fourth-order valence-corrected chi connectivity index (χ4v) is 4.84. The van der Waals surface area contributed by atoms with Gasteiger partial charge in [0.25, 0.3) is 5.91 Å². The number of rotatable bonds is 4. The maximum absolute atomic E-state index is 13.4. The Hall–Kier alpha value is -1.76. The van der Waals surface area contributed by atoms with Crippen LogP contribution in [0.1, 0.15) is 45.1 Å². The van der Waals surface area contributed by atoms with Crippen molar-refractivity contribution in [1.29, 1.82) is 0 Å². The number of ether oxygens (including phenoxy) is 1. The molecule has 1 fully saturated rings. The number of thiophene rings is 1. The molecule has 0 aliphatic carbocycles. The van der Waals surface area contributed by atoms with Gasteiger partial charge in [-0.25, -0.2) is 0 Å². The predicted molar refractivity (Wildman–Crippen MR) is 102 cm³/mol. The van der Waals surface area contributed by atoms with Crippen molar-refractivity contribution in [2.75, 3.05) is 19.7 Å². The van der Waals surface area contributed by atoms with Crippen LogP contribution in [0.2, 0.25) is 0 Å². The third kappa shape index (κ3) is 3.98. The van der Waals surface area contributed by atoms with Crippen LogP contribution in [0.15, 0.2) is 30.5 Å². The summed E-state index contributed by atoms with van der Waals surface area (Å²) in [7, 11) is 0. The van der Waals surface area contributed by atoms with E-state index in [1.165, 1.54) is 10.4 Å². The molecule has 1 atom stereocenters. The molecule has 138 valence electrons. The molecule has 1 saturated heterocycles. The highest BCUT2D eigenvalue weighted by Gasteiger charge is 2.28. The Labute approximate surface area is 158 Å². The molecule has 2 aromatic rings. The molecule has 1 unspecified atom stereocenters. The molecule has 2 aliphatic rings. The first-order valence-corrected chi connectivity index (χ1v) is 10.2. The first-order chi connectivity index (χ1) is 12.8. The number of carbonyl (C=O) groups is 1. The van der Waals surface area contributed by atoms with Crippen molar-refractivity contribution < 1.29 is 9.53 Å². The SMILES string of the molecule is O=C(c1cc2c(s1)CCOC2)N(Cc1ccccn1)C1CCCNCC1. The van der Waals surface area contributed by atoms with Gasteiger partial charge in [-0.2, -0.15) is 0 Å². The Balaban J connectivity index is 1.60. The Morgan fingerprint density at radius 2 is 2.31 bits per heavy atom. The summed E-state index contributed by atoms with van der Waals surface area (Å²) >= 11 is 1.64. The number of hydrogen-bond donors (Lipinski definition) is 1. The number of fused-ring (bicyclic) bond motifs is 1. The normalized spacial score (nSPS) is 20.2. The summed E-state index contributed by atoms with van der Waals surface area (Å²) in [6, 6.07) is 8.21. The van der Waals surface area contributed by atoms with Crippen LogP contribution in [-0.4, -0.2) is 41.5 Å². The predicted octanol–water partition coefficient (Wildman–Crippen LogP) is 3.00. The second-order valence-electron chi connectivity index (χ2n) is 6.95. The number of nitrogens with one attached hydrogen (secondary N) is 1. The molecule has 2 aromatic heterocycles. The van der Waals surface area contributed by atoms with Gasteiger partial charge in [0, 0.05) is 23.5 Å². The Morgan fingerprint density at radius 3 is 3.15 bits per heavy atom. The molecular weight excluding hydrogens is 346 g/mol. The molecule has 0 radical (unpaired) electrons. The quantitative estimate of drug-likeness (QED) is 0.898. The highest BCUT2D eigenvalue weighted by molar-refractivity contribution is 7.14. The maximum atomic E-state index is 13.4. The number of nitrogens with zero attached hydrogens (tertiary/aromatic N) is 2. The van der Waals surface area contributed by atoms with Crippen LogP contribution in [0.4, 0.5) is 0 Å². The van der Waals surface area contributed by atoms with Crippen LogP contribution in [0.25, 0.3) is 0 Å². The molecule has 1 amide bonds. The van der Waals surface area contributed by atoms with Crippen LogP contribution < -0.4 is 5.32 Å². The lowest BCUT2D eigenvalue weighted by molar-refractivity contribution is 0.0647. The Morgan fingerprint density at radius 1 is 1.35 bits per heavy atom. The van der Waals surface area contributed by atoms with Crippen molar-refractivity contribution in [2.45, 2.75) is 44.9 Å². The molecule has 5 nitrogen and oxygen atoms in total. The third-order valence-electron chi connectivity index (χ3n) is 5.14. The minimum absolute atomic E-state index is 0.141. The van der Waals surface area contributed by atoms with Gasteiger partial charge in [-0.05, 0) is 56.1 Å². The minimum Gasteiger partial charge on any atom is -0.376 e. The van der Waals surface area contributed by atoms with Gasteiger partial charge < -0.3 is 15.0 Å². The number of hydrogen-bond acceptors (Lipinski definition) is 5. The van der Waals surface area contributed by atoms with E-state index in [-0.39, 0.29) is 11.9 Å². The van der Waals surface area contributed by atoms with Crippen LogP contribution in [0, 0.1) is 0 Å². The summed E-state index contributed by atoms with van der Waals surface area (Å²) in [5, 5.41) is 3.45. The first-order valence-electron chi connectivity index (χ1n) is 9.42. The van der Waals surface area contributed by atoms with Crippen LogP contribution in [-0.2, 0) is 24.3 Å². The second-order valence-corrected chi connectivity index (χ2v) is 8.09. The van der Waals surface area contributed by atoms with Gasteiger partial charge in [0.1, 0.15) is 0 Å². The lowest BCUT2D eigenvalue weighted by Crippen LogP contribution is -2.40. The fraction of sp³-hybridized carbons (Fsp3) is 0.500. The summed E-state index contributed by atoms with van der Waals surface area (Å²) < 4.78 is 5.54. The monoisotopic (exact) mass is 371 g/mol. The highest BCUT2D eigenvalue weighted by Crippen LogP contribution is 2.29. The van der Waals surface area contributed by atoms with Gasteiger partial charge in [0.05, 0.1) is 30.3 Å². The van der Waals surface area contributed by atoms with Crippen molar-refractivity contribution in [3.8, 4) is 0 Å². The van der Waals surface area contributed by atoms with E-state index in [9.17, 15) is 4.79 Å². The van der Waals surface area contributed by atoms with Gasteiger partial charge in [0.15, 0.2) is 0 Å². The van der Waals surface area contributed by atoms with Gasteiger partial charge >= 0.3 is 0 Å². The van der Waals surface area contributed by atoms with Gasteiger partial charge in [-0.15, -0.1) is 11.3 Å². The van der Waals surface area contributed by atoms with Gasteiger partial charge in [-0.3, -0.25) is 9.78 Å². The third-order valence-corrected chi connectivity index (χ3v) is 6.37. The first kappa shape index (κ1) is 17.6. The number of amides is 1. The minimum atomic E-state index is 0.141. The van der Waals surface area contributed by atoms with Crippen molar-refractivity contribution >= 4 is 17.2 Å². The topological polar surface area (TPSA) is 54.5 Å². The molecule has 4 rings (SSSR count). The zero-order valence-electron chi connectivity index (χ0n) is 14.9. The number of aromatic nitrogens is 1. The molecule has 0 aromatic carbocycles. The molecule has 2 aliphatic heterocycles. The summed E-state index contributed by atoms with van der Waals surface area (Å²) in [6.45, 7) is 3.96. The van der Waals surface area contributed by atoms with Crippen molar-refractivity contribution in [3.05, 3.63) is 51.5 Å². The highest BCUT2D eigenvalue weighted by atomic mass is 32.1. The molecule has 0 spiro atoms. The van der Waals surface area contributed by atoms with Gasteiger partial charge in [0.2, 0.25) is 0 Å². The second kappa shape index (κ2) is 8.29. The standard InChI is InChI=1S/C20H25N3O2S/c24-20(19-12-15-14-25-11-7-18(15)26-19)23(13-16-4-1-2-9-22-16)17-5-3-8-21-10-6-17/h1-2,4,9,12,17,21H,3,5-8,10-11,13-14H2. The molecule has 1 N–H and O–H groups in total. The van der Waals surface area contributed by atoms with Gasteiger partial charge in [-0.1, -0.05) is 6.07 Å². The van der Waals surface area contributed by atoms with Crippen LogP contribution in [0.5, 0.6) is 0 Å². The fourth-order valence-electron chi connectivity index (χ4n) is 3.74. The average Bonchev–Trinajstić information content (AvgIpc) is 2.94. The van der Waals surface area contributed by atoms with Crippen molar-refractivity contribution in [3.63, 3.8) is 0 Å². The van der Waals surface area contributed by atoms with E-state index in [0.29, 0.717) is 13.2 Å². The maximum Gasteiger partial charge on any atom is 0.264 e. The van der Waals surface area contributed by atoms with E-state index in [0.717, 1.165) is 56.0 Å². The number of pyridine rings is 1. The molecule has 0 saturated carbocycles. The lowest BCUT2D eigenvalue weighted by atomic mass is 10.1. The van der Waals surface area contributed by atoms with Crippen LogP contribution in [0.3, 0.4) is 0 Å². The average molecular weight is 372 g/mol. The summed E-state index contributed by atoms with van der Waals surface area (Å²) in [5.41, 5.74) is 2.13. The van der Waals surface area contributed by atoms with E-state index < -0.39 is 0 Å². The van der Waals surface area contributed by atoms with E-state index in [1.54, 1.807) is 17.5 Å².